The van der Waals surface area contributed by atoms with E-state index in [0.29, 0.717) is 29.8 Å². The number of alkyl halides is 3. The van der Waals surface area contributed by atoms with Crippen LogP contribution in [0, 0.1) is 12.3 Å². The standard InChI is InChI=1S/C19H16F3N3O/c1-10-2-3-15-16(13(10)8-23)11-5-7-26-9-14(11)17(25-15)12-4-6-24-18(12)19(20,21)22/h2-4,8,23H,5-7,9H2,1H3. The van der Waals surface area contributed by atoms with Crippen LogP contribution in [0.4, 0.5) is 13.2 Å². The van der Waals surface area contributed by atoms with Gasteiger partial charge in [0, 0.05) is 28.3 Å². The Kier molecular flexibility index (Phi) is 3.91. The van der Waals surface area contributed by atoms with Crippen LogP contribution in [0.5, 0.6) is 0 Å². The third-order valence-corrected chi connectivity index (χ3v) is 4.84. The molecule has 0 bridgehead atoms. The van der Waals surface area contributed by atoms with Gasteiger partial charge in [-0.1, -0.05) is 12.1 Å². The van der Waals surface area contributed by atoms with Crippen molar-refractivity contribution in [3.8, 4) is 0 Å². The van der Waals surface area contributed by atoms with Crippen molar-refractivity contribution in [1.29, 1.82) is 5.41 Å². The Morgan fingerprint density at radius 3 is 2.77 bits per heavy atom. The molecule has 2 aromatic rings. The van der Waals surface area contributed by atoms with E-state index in [-0.39, 0.29) is 18.7 Å². The Morgan fingerprint density at radius 2 is 2.04 bits per heavy atom. The van der Waals surface area contributed by atoms with E-state index in [1.807, 2.05) is 13.0 Å². The zero-order valence-corrected chi connectivity index (χ0v) is 14.1. The number of ether oxygens (including phenoxy) is 1. The molecule has 1 aromatic carbocycles. The number of benzene rings is 1. The van der Waals surface area contributed by atoms with Crippen molar-refractivity contribution in [2.75, 3.05) is 13.2 Å². The third kappa shape index (κ3) is 2.54. The highest BCUT2D eigenvalue weighted by Gasteiger charge is 2.41. The summed E-state index contributed by atoms with van der Waals surface area (Å²) in [6, 6.07) is 3.64. The zero-order chi connectivity index (χ0) is 18.5. The van der Waals surface area contributed by atoms with E-state index >= 15 is 0 Å². The van der Waals surface area contributed by atoms with E-state index < -0.39 is 11.9 Å². The normalized spacial score (nSPS) is 17.1. The van der Waals surface area contributed by atoms with Gasteiger partial charge in [0.25, 0.3) is 0 Å². The first-order valence-electron chi connectivity index (χ1n) is 8.27. The van der Waals surface area contributed by atoms with Gasteiger partial charge in [-0.05, 0) is 30.5 Å². The van der Waals surface area contributed by atoms with E-state index in [1.165, 1.54) is 12.3 Å². The highest BCUT2D eigenvalue weighted by Crippen LogP contribution is 2.37. The topological polar surface area (TPSA) is 58.3 Å². The number of aromatic nitrogens is 1. The molecule has 0 spiro atoms. The summed E-state index contributed by atoms with van der Waals surface area (Å²) in [6.45, 7) is 2.62. The summed E-state index contributed by atoms with van der Waals surface area (Å²) >= 11 is 0. The smallest absolute Gasteiger partial charge is 0.376 e. The zero-order valence-electron chi connectivity index (χ0n) is 14.1. The van der Waals surface area contributed by atoms with Gasteiger partial charge in [0.15, 0.2) is 0 Å². The van der Waals surface area contributed by atoms with Crippen molar-refractivity contribution >= 4 is 28.4 Å². The van der Waals surface area contributed by atoms with Crippen LogP contribution in [0.3, 0.4) is 0 Å². The quantitative estimate of drug-likeness (QED) is 0.824. The maximum Gasteiger partial charge on any atom is 0.433 e. The Hall–Kier alpha value is -2.54. The molecule has 4 nitrogen and oxygen atoms in total. The Balaban J connectivity index is 2.03. The first-order valence-corrected chi connectivity index (χ1v) is 8.27. The average molecular weight is 359 g/mol. The van der Waals surface area contributed by atoms with Gasteiger partial charge in [-0.3, -0.25) is 4.99 Å². The van der Waals surface area contributed by atoms with Crippen molar-refractivity contribution < 1.29 is 17.9 Å². The maximum atomic E-state index is 13.4. The second-order valence-corrected chi connectivity index (χ2v) is 6.36. The molecule has 26 heavy (non-hydrogen) atoms. The van der Waals surface area contributed by atoms with Crippen LogP contribution in [0.25, 0.3) is 16.5 Å². The minimum atomic E-state index is -4.52. The predicted molar refractivity (Wildman–Crippen MR) is 94.1 cm³/mol. The molecular formula is C19H16F3N3O. The number of allylic oxidation sites excluding steroid dienone is 1. The lowest BCUT2D eigenvalue weighted by atomic mass is 9.89. The van der Waals surface area contributed by atoms with E-state index in [2.05, 4.69) is 9.98 Å². The molecule has 1 aromatic heterocycles. The van der Waals surface area contributed by atoms with Crippen LogP contribution in [-0.2, 0) is 17.8 Å². The van der Waals surface area contributed by atoms with E-state index in [0.717, 1.165) is 22.1 Å². The van der Waals surface area contributed by atoms with Gasteiger partial charge < -0.3 is 10.1 Å². The van der Waals surface area contributed by atoms with Crippen molar-refractivity contribution in [3.63, 3.8) is 0 Å². The van der Waals surface area contributed by atoms with Crippen molar-refractivity contribution in [1.82, 2.24) is 4.98 Å². The molecule has 0 saturated carbocycles. The number of pyridine rings is 1. The summed E-state index contributed by atoms with van der Waals surface area (Å²) in [5, 5.41) is 8.59. The predicted octanol–water partition coefficient (Wildman–Crippen LogP) is 4.01. The molecule has 7 heteroatoms. The summed E-state index contributed by atoms with van der Waals surface area (Å²) in [5.41, 5.74) is 3.32. The van der Waals surface area contributed by atoms with E-state index in [1.54, 1.807) is 6.07 Å². The molecule has 0 atom stereocenters. The number of fused-ring (bicyclic) bond motifs is 3. The van der Waals surface area contributed by atoms with Gasteiger partial charge in [0.2, 0.25) is 0 Å². The Bertz CT molecular complexity index is 990. The van der Waals surface area contributed by atoms with Gasteiger partial charge in [-0.2, -0.15) is 13.2 Å². The van der Waals surface area contributed by atoms with Crippen LogP contribution in [0.2, 0.25) is 0 Å². The summed E-state index contributed by atoms with van der Waals surface area (Å²) in [7, 11) is 0. The fraction of sp³-hybridized carbons (Fsp3) is 0.316. The maximum absolute atomic E-state index is 13.4. The third-order valence-electron chi connectivity index (χ3n) is 4.84. The summed E-state index contributed by atoms with van der Waals surface area (Å²) < 4.78 is 45.6. The summed E-state index contributed by atoms with van der Waals surface area (Å²) in [4.78, 5) is 8.18. The number of nitrogens with zero attached hydrogens (tertiary/aromatic N) is 2. The Labute approximate surface area is 147 Å². The molecule has 4 rings (SSSR count). The molecule has 1 N–H and O–H groups in total. The summed E-state index contributed by atoms with van der Waals surface area (Å²) in [6.07, 6.45) is -1.18. The van der Waals surface area contributed by atoms with Crippen molar-refractivity contribution in [2.45, 2.75) is 26.1 Å². The molecule has 0 amide bonds. The molecule has 0 radical (unpaired) electrons. The van der Waals surface area contributed by atoms with Gasteiger partial charge in [0.05, 0.1) is 31.0 Å². The largest absolute Gasteiger partial charge is 0.433 e. The highest BCUT2D eigenvalue weighted by molar-refractivity contribution is 6.28. The number of nitrogens with one attached hydrogen (secondary N) is 1. The van der Waals surface area contributed by atoms with E-state index in [9.17, 15) is 13.2 Å². The SMILES string of the molecule is Cc1ccc2nc(C3=CCN=C3C(F)(F)F)c3c(c2c1C=N)CCOC3. The first kappa shape index (κ1) is 16.9. The molecule has 0 saturated heterocycles. The highest BCUT2D eigenvalue weighted by atomic mass is 19.4. The number of aryl methyl sites for hydroxylation is 1. The average Bonchev–Trinajstić information content (AvgIpc) is 3.11. The molecule has 0 aliphatic carbocycles. The van der Waals surface area contributed by atoms with Crippen LogP contribution >= 0.6 is 0 Å². The van der Waals surface area contributed by atoms with Crippen molar-refractivity contribution in [3.05, 3.63) is 46.2 Å². The molecular weight excluding hydrogens is 343 g/mol. The fourth-order valence-corrected chi connectivity index (χ4v) is 3.65. The Morgan fingerprint density at radius 1 is 1.23 bits per heavy atom. The molecule has 0 unspecified atom stereocenters. The minimum Gasteiger partial charge on any atom is -0.376 e. The lowest BCUT2D eigenvalue weighted by Crippen LogP contribution is -2.25. The van der Waals surface area contributed by atoms with Crippen molar-refractivity contribution in [2.24, 2.45) is 4.99 Å². The second kappa shape index (κ2) is 6.02. The monoisotopic (exact) mass is 359 g/mol. The fourth-order valence-electron chi connectivity index (χ4n) is 3.65. The van der Waals surface area contributed by atoms with Gasteiger partial charge in [-0.15, -0.1) is 0 Å². The number of hydrogen-bond acceptors (Lipinski definition) is 4. The van der Waals surface area contributed by atoms with Gasteiger partial charge >= 0.3 is 6.18 Å². The summed E-state index contributed by atoms with van der Waals surface area (Å²) in [5.74, 6) is 0. The van der Waals surface area contributed by atoms with Gasteiger partial charge in [-0.25, -0.2) is 4.98 Å². The second-order valence-electron chi connectivity index (χ2n) is 6.36. The molecule has 2 aliphatic rings. The molecule has 2 aliphatic heterocycles. The van der Waals surface area contributed by atoms with Crippen LogP contribution < -0.4 is 0 Å². The van der Waals surface area contributed by atoms with Crippen LogP contribution in [0.15, 0.2) is 23.2 Å². The molecule has 3 heterocycles. The lowest BCUT2D eigenvalue weighted by molar-refractivity contribution is -0.0571. The number of aliphatic imine (C=N–C) groups is 1. The lowest BCUT2D eigenvalue weighted by Gasteiger charge is -2.24. The van der Waals surface area contributed by atoms with Crippen LogP contribution in [0.1, 0.15) is 27.9 Å². The number of halogens is 3. The number of rotatable bonds is 2. The van der Waals surface area contributed by atoms with Crippen LogP contribution in [-0.4, -0.2) is 36.2 Å². The number of hydrogen-bond donors (Lipinski definition) is 1. The minimum absolute atomic E-state index is 0.000824. The van der Waals surface area contributed by atoms with E-state index in [4.69, 9.17) is 10.1 Å². The molecule has 134 valence electrons. The first-order chi connectivity index (χ1) is 12.4. The van der Waals surface area contributed by atoms with Gasteiger partial charge in [0.1, 0.15) is 5.71 Å². The molecule has 0 fully saturated rings.